The molecule has 0 aliphatic heterocycles. The lowest BCUT2D eigenvalue weighted by atomic mass is 10.1. The van der Waals surface area contributed by atoms with Gasteiger partial charge in [-0.3, -0.25) is 4.99 Å². The van der Waals surface area contributed by atoms with E-state index < -0.39 is 0 Å². The fourth-order valence-corrected chi connectivity index (χ4v) is 3.48. The van der Waals surface area contributed by atoms with Gasteiger partial charge in [0.2, 0.25) is 0 Å². The second kappa shape index (κ2) is 9.72. The third-order valence-corrected chi connectivity index (χ3v) is 4.90. The fourth-order valence-electron chi connectivity index (χ4n) is 2.47. The summed E-state index contributed by atoms with van der Waals surface area (Å²) >= 11 is 1.76. The first-order valence-corrected chi connectivity index (χ1v) is 9.06. The highest BCUT2D eigenvalue weighted by atomic mass is 127. The Morgan fingerprint density at radius 3 is 2.64 bits per heavy atom. The van der Waals surface area contributed by atoms with E-state index in [4.69, 9.17) is 5.73 Å². The highest BCUT2D eigenvalue weighted by Gasteiger charge is 2.02. The van der Waals surface area contributed by atoms with Gasteiger partial charge in [0.15, 0.2) is 5.96 Å². The monoisotopic (exact) mass is 466 g/mol. The molecule has 0 aliphatic rings. The molecule has 0 atom stereocenters. The minimum absolute atomic E-state index is 0. The summed E-state index contributed by atoms with van der Waals surface area (Å²) in [7, 11) is 0. The Morgan fingerprint density at radius 2 is 1.92 bits per heavy atom. The summed E-state index contributed by atoms with van der Waals surface area (Å²) in [6.45, 7) is 2.84. The van der Waals surface area contributed by atoms with E-state index in [1.807, 2.05) is 24.3 Å². The third kappa shape index (κ3) is 5.67. The van der Waals surface area contributed by atoms with Gasteiger partial charge in [-0.05, 0) is 42.7 Å². The number of guanidine groups is 1. The van der Waals surface area contributed by atoms with Crippen molar-refractivity contribution in [3.63, 3.8) is 0 Å². The van der Waals surface area contributed by atoms with E-state index in [1.54, 1.807) is 11.3 Å². The number of anilines is 1. The number of halogens is 1. The van der Waals surface area contributed by atoms with Crippen LogP contribution in [0.1, 0.15) is 23.9 Å². The van der Waals surface area contributed by atoms with Gasteiger partial charge in [-0.25, -0.2) is 4.98 Å². The number of para-hydroxylation sites is 1. The zero-order chi connectivity index (χ0) is 16.8. The van der Waals surface area contributed by atoms with Crippen LogP contribution in [0.3, 0.4) is 0 Å². The average molecular weight is 466 g/mol. The molecule has 0 amide bonds. The van der Waals surface area contributed by atoms with Crippen molar-refractivity contribution in [3.05, 3.63) is 59.1 Å². The number of thiazole rings is 1. The van der Waals surface area contributed by atoms with E-state index in [-0.39, 0.29) is 24.0 Å². The third-order valence-electron chi connectivity index (χ3n) is 3.80. The van der Waals surface area contributed by atoms with E-state index in [9.17, 15) is 0 Å². The Kier molecular flexibility index (Phi) is 7.64. The summed E-state index contributed by atoms with van der Waals surface area (Å²) in [5, 5.41) is 4.29. The van der Waals surface area contributed by atoms with Crippen molar-refractivity contribution in [1.82, 2.24) is 4.98 Å². The average Bonchev–Trinajstić information content (AvgIpc) is 3.02. The van der Waals surface area contributed by atoms with Crippen LogP contribution in [-0.4, -0.2) is 17.5 Å². The van der Waals surface area contributed by atoms with Crippen LogP contribution >= 0.6 is 35.3 Å². The maximum absolute atomic E-state index is 5.94. The highest BCUT2D eigenvalue weighted by Crippen LogP contribution is 2.22. The van der Waals surface area contributed by atoms with Gasteiger partial charge in [0.1, 0.15) is 0 Å². The van der Waals surface area contributed by atoms with Gasteiger partial charge < -0.3 is 11.1 Å². The number of aliphatic imine (C=N–C) groups is 1. The molecule has 25 heavy (non-hydrogen) atoms. The molecular weight excluding hydrogens is 443 g/mol. The van der Waals surface area contributed by atoms with Crippen molar-refractivity contribution in [2.24, 2.45) is 10.7 Å². The zero-order valence-corrected chi connectivity index (χ0v) is 17.4. The summed E-state index contributed by atoms with van der Waals surface area (Å²) in [4.78, 5) is 9.03. The van der Waals surface area contributed by atoms with Crippen molar-refractivity contribution < 1.29 is 0 Å². The molecule has 0 unspecified atom stereocenters. The van der Waals surface area contributed by atoms with Gasteiger partial charge in [-0.2, -0.15) is 0 Å². The summed E-state index contributed by atoms with van der Waals surface area (Å²) in [6.07, 6.45) is 2.91. The molecule has 1 aromatic heterocycles. The van der Waals surface area contributed by atoms with E-state index in [0.717, 1.165) is 35.5 Å². The second-order valence-electron chi connectivity index (χ2n) is 5.62. The topological polar surface area (TPSA) is 63.3 Å². The van der Waals surface area contributed by atoms with E-state index >= 15 is 0 Å². The number of nitrogens with two attached hydrogens (primary N) is 1. The minimum atomic E-state index is 0. The first-order valence-electron chi connectivity index (χ1n) is 8.25. The maximum atomic E-state index is 5.94. The second-order valence-corrected chi connectivity index (χ2v) is 6.74. The Morgan fingerprint density at radius 1 is 1.16 bits per heavy atom. The predicted octanol–water partition coefficient (Wildman–Crippen LogP) is 4.84. The lowest BCUT2D eigenvalue weighted by Crippen LogP contribution is -2.22. The lowest BCUT2D eigenvalue weighted by molar-refractivity contribution is 0.827. The molecule has 3 N–H and O–H groups in total. The lowest BCUT2D eigenvalue weighted by Gasteiger charge is -2.06. The Hall–Kier alpha value is -1.67. The number of hydrogen-bond acceptors (Lipinski definition) is 3. The smallest absolute Gasteiger partial charge is 0.193 e. The van der Waals surface area contributed by atoms with E-state index in [0.29, 0.717) is 12.5 Å². The number of rotatable bonds is 6. The predicted molar refractivity (Wildman–Crippen MR) is 119 cm³/mol. The molecule has 0 aliphatic carbocycles. The van der Waals surface area contributed by atoms with Gasteiger partial charge in [0.05, 0.1) is 15.2 Å². The first-order chi connectivity index (χ1) is 11.7. The Labute approximate surface area is 169 Å². The van der Waals surface area contributed by atoms with Crippen LogP contribution in [0.15, 0.2) is 53.5 Å². The largest absolute Gasteiger partial charge is 0.370 e. The van der Waals surface area contributed by atoms with Gasteiger partial charge in [0.25, 0.3) is 0 Å². The number of benzene rings is 2. The van der Waals surface area contributed by atoms with Crippen LogP contribution in [0.5, 0.6) is 0 Å². The SMILES string of the molecule is CCc1ccc(NC(N)=NCCCc2nc3ccccc3s2)cc1.I. The maximum Gasteiger partial charge on any atom is 0.193 e. The molecule has 0 saturated heterocycles. The molecule has 0 radical (unpaired) electrons. The quantitative estimate of drug-likeness (QED) is 0.237. The summed E-state index contributed by atoms with van der Waals surface area (Å²) in [5.41, 5.74) is 9.31. The Bertz CT molecular complexity index is 794. The van der Waals surface area contributed by atoms with Crippen molar-refractivity contribution in [2.45, 2.75) is 26.2 Å². The number of hydrogen-bond donors (Lipinski definition) is 2. The number of aryl methyl sites for hydroxylation is 2. The minimum Gasteiger partial charge on any atom is -0.370 e. The molecule has 4 nitrogen and oxygen atoms in total. The molecule has 3 aromatic rings. The normalized spacial score (nSPS) is 11.3. The Balaban J connectivity index is 0.00000225. The molecule has 2 aromatic carbocycles. The van der Waals surface area contributed by atoms with Crippen molar-refractivity contribution in [3.8, 4) is 0 Å². The van der Waals surface area contributed by atoms with Gasteiger partial charge >= 0.3 is 0 Å². The van der Waals surface area contributed by atoms with Gasteiger partial charge in [0, 0.05) is 18.7 Å². The molecular formula is C19H23IN4S. The molecule has 0 fully saturated rings. The van der Waals surface area contributed by atoms with Crippen LogP contribution in [0.2, 0.25) is 0 Å². The zero-order valence-electron chi connectivity index (χ0n) is 14.2. The first kappa shape index (κ1) is 19.7. The van der Waals surface area contributed by atoms with Crippen LogP contribution in [0.4, 0.5) is 5.69 Å². The van der Waals surface area contributed by atoms with Crippen molar-refractivity contribution in [2.75, 3.05) is 11.9 Å². The summed E-state index contributed by atoms with van der Waals surface area (Å²) in [6, 6.07) is 16.5. The van der Waals surface area contributed by atoms with Crippen LogP contribution in [0.25, 0.3) is 10.2 Å². The van der Waals surface area contributed by atoms with Crippen LogP contribution in [-0.2, 0) is 12.8 Å². The van der Waals surface area contributed by atoms with Crippen molar-refractivity contribution >= 4 is 57.2 Å². The highest BCUT2D eigenvalue weighted by molar-refractivity contribution is 14.0. The van der Waals surface area contributed by atoms with E-state index in [1.165, 1.54) is 10.3 Å². The number of nitrogens with one attached hydrogen (secondary N) is 1. The van der Waals surface area contributed by atoms with Gasteiger partial charge in [-0.1, -0.05) is 31.2 Å². The molecule has 1 heterocycles. The standard InChI is InChI=1S/C19H22N4S.HI/c1-2-14-9-11-15(12-10-14)22-19(20)21-13-5-8-18-23-16-6-3-4-7-17(16)24-18;/h3-4,6-7,9-12H,2,5,8,13H2,1H3,(H3,20,21,22);1H. The molecule has 0 spiro atoms. The summed E-state index contributed by atoms with van der Waals surface area (Å²) in [5.74, 6) is 0.462. The van der Waals surface area contributed by atoms with Crippen LogP contribution in [0, 0.1) is 0 Å². The number of fused-ring (bicyclic) bond motifs is 1. The molecule has 0 saturated carbocycles. The molecule has 132 valence electrons. The number of aromatic nitrogens is 1. The molecule has 0 bridgehead atoms. The number of nitrogens with zero attached hydrogens (tertiary/aromatic N) is 2. The van der Waals surface area contributed by atoms with Crippen LogP contribution < -0.4 is 11.1 Å². The molecule has 3 rings (SSSR count). The van der Waals surface area contributed by atoms with Crippen molar-refractivity contribution in [1.29, 1.82) is 0 Å². The fraction of sp³-hybridized carbons (Fsp3) is 0.263. The summed E-state index contributed by atoms with van der Waals surface area (Å²) < 4.78 is 1.24. The van der Waals surface area contributed by atoms with E-state index in [2.05, 4.69) is 46.5 Å². The molecule has 6 heteroatoms. The van der Waals surface area contributed by atoms with Gasteiger partial charge in [-0.15, -0.1) is 35.3 Å².